The van der Waals surface area contributed by atoms with Crippen molar-refractivity contribution in [3.63, 3.8) is 0 Å². The Balaban J connectivity index is 3.41. The SMILES string of the molecule is CCCCCCCCC=CCCCCCCCC(=O)OCC#CCOC(=O)CCCCCCCC=CCCCCCCCC. The Bertz CT molecular complexity index is 682. The highest BCUT2D eigenvalue weighted by molar-refractivity contribution is 5.69. The van der Waals surface area contributed by atoms with Crippen molar-refractivity contribution in [3.05, 3.63) is 24.3 Å². The third-order valence-electron chi connectivity index (χ3n) is 8.02. The molecule has 0 N–H and O–H groups in total. The number of rotatable bonds is 32. The maximum Gasteiger partial charge on any atom is 0.306 e. The lowest BCUT2D eigenvalue weighted by molar-refractivity contribution is -0.143. The van der Waals surface area contributed by atoms with Crippen molar-refractivity contribution in [3.8, 4) is 11.8 Å². The van der Waals surface area contributed by atoms with Crippen LogP contribution >= 0.6 is 0 Å². The van der Waals surface area contributed by atoms with Gasteiger partial charge in [0, 0.05) is 12.8 Å². The van der Waals surface area contributed by atoms with Crippen LogP contribution in [0, 0.1) is 11.8 Å². The van der Waals surface area contributed by atoms with Crippen LogP contribution in [-0.4, -0.2) is 25.2 Å². The number of hydrogen-bond acceptors (Lipinski definition) is 4. The summed E-state index contributed by atoms with van der Waals surface area (Å²) in [5.74, 6) is 5.14. The molecule has 0 bridgehead atoms. The summed E-state index contributed by atoms with van der Waals surface area (Å²) in [4.78, 5) is 23.7. The molecule has 0 saturated carbocycles. The largest absolute Gasteiger partial charge is 0.452 e. The summed E-state index contributed by atoms with van der Waals surface area (Å²) in [6.45, 7) is 4.66. The minimum Gasteiger partial charge on any atom is -0.452 e. The smallest absolute Gasteiger partial charge is 0.306 e. The van der Waals surface area contributed by atoms with Gasteiger partial charge in [-0.2, -0.15) is 0 Å². The van der Waals surface area contributed by atoms with Gasteiger partial charge in [-0.3, -0.25) is 9.59 Å². The van der Waals surface area contributed by atoms with Gasteiger partial charge in [0.25, 0.3) is 0 Å². The Morgan fingerprint density at radius 2 is 0.682 bits per heavy atom. The number of hydrogen-bond donors (Lipinski definition) is 0. The highest BCUT2D eigenvalue weighted by atomic mass is 16.5. The van der Waals surface area contributed by atoms with Crippen LogP contribution in [0.25, 0.3) is 0 Å². The van der Waals surface area contributed by atoms with Crippen LogP contribution in [0.4, 0.5) is 0 Å². The van der Waals surface area contributed by atoms with Gasteiger partial charge < -0.3 is 9.47 Å². The highest BCUT2D eigenvalue weighted by Crippen LogP contribution is 2.12. The summed E-state index contributed by atoms with van der Waals surface area (Å²) in [6, 6.07) is 0. The summed E-state index contributed by atoms with van der Waals surface area (Å²) in [5.41, 5.74) is 0. The van der Waals surface area contributed by atoms with E-state index in [0.29, 0.717) is 12.8 Å². The number of esters is 2. The molecule has 0 amide bonds. The predicted octanol–water partition coefficient (Wildman–Crippen LogP) is 12.2. The van der Waals surface area contributed by atoms with E-state index in [1.165, 1.54) is 141 Å². The lowest BCUT2D eigenvalue weighted by Crippen LogP contribution is -2.06. The average Bonchev–Trinajstić information content (AvgIpc) is 3.02. The normalized spacial score (nSPS) is 11.2. The number of allylic oxidation sites excluding steroid dienone is 4. The standard InChI is InChI=1S/C40H70O4/c1-3-5-7-9-11-13-15-17-19-21-23-25-27-29-31-35-39(41)43-37-33-34-38-44-40(42)36-32-30-28-26-24-22-20-18-16-14-12-10-8-6-4-2/h17-20H,3-16,21-32,35-38H2,1-2H3. The highest BCUT2D eigenvalue weighted by Gasteiger charge is 2.02. The molecule has 0 unspecified atom stereocenters. The maximum absolute atomic E-state index is 11.9. The fourth-order valence-electron chi connectivity index (χ4n) is 5.16. The maximum atomic E-state index is 11.9. The quantitative estimate of drug-likeness (QED) is 0.0327. The van der Waals surface area contributed by atoms with E-state index in [1.54, 1.807) is 0 Å². The first-order chi connectivity index (χ1) is 21.7. The van der Waals surface area contributed by atoms with Crippen molar-refractivity contribution in [1.82, 2.24) is 0 Å². The lowest BCUT2D eigenvalue weighted by atomic mass is 10.1. The van der Waals surface area contributed by atoms with Gasteiger partial charge >= 0.3 is 11.9 Å². The molecule has 0 aliphatic rings. The number of unbranched alkanes of at least 4 members (excludes halogenated alkanes) is 22. The zero-order valence-corrected chi connectivity index (χ0v) is 29.2. The number of carbonyl (C=O) groups excluding carboxylic acids is 2. The molecular formula is C40H70O4. The topological polar surface area (TPSA) is 52.6 Å². The number of ether oxygens (including phenoxy) is 2. The molecule has 0 spiro atoms. The summed E-state index contributed by atoms with van der Waals surface area (Å²) in [7, 11) is 0. The van der Waals surface area contributed by atoms with Gasteiger partial charge in [-0.1, -0.05) is 153 Å². The van der Waals surface area contributed by atoms with E-state index in [2.05, 4.69) is 50.0 Å². The van der Waals surface area contributed by atoms with Gasteiger partial charge in [-0.05, 0) is 64.2 Å². The zero-order chi connectivity index (χ0) is 32.0. The van der Waals surface area contributed by atoms with Crippen LogP contribution in [0.5, 0.6) is 0 Å². The molecule has 0 aliphatic carbocycles. The van der Waals surface area contributed by atoms with E-state index in [1.807, 2.05) is 0 Å². The monoisotopic (exact) mass is 615 g/mol. The molecule has 0 rings (SSSR count). The molecule has 0 saturated heterocycles. The lowest BCUT2D eigenvalue weighted by Gasteiger charge is -2.02. The molecule has 0 fully saturated rings. The Morgan fingerprint density at radius 1 is 0.409 bits per heavy atom. The molecule has 4 nitrogen and oxygen atoms in total. The number of carbonyl (C=O) groups is 2. The van der Waals surface area contributed by atoms with Gasteiger partial charge in [-0.15, -0.1) is 0 Å². The average molecular weight is 615 g/mol. The molecule has 0 aromatic rings. The third kappa shape index (κ3) is 36.2. The van der Waals surface area contributed by atoms with Crippen molar-refractivity contribution >= 4 is 11.9 Å². The first kappa shape index (κ1) is 42.0. The molecule has 0 radical (unpaired) electrons. The Kier molecular flexibility index (Phi) is 35.5. The molecule has 0 heterocycles. The third-order valence-corrected chi connectivity index (χ3v) is 8.02. The van der Waals surface area contributed by atoms with Crippen LogP contribution in [0.2, 0.25) is 0 Å². The van der Waals surface area contributed by atoms with E-state index in [9.17, 15) is 9.59 Å². The summed E-state index contributed by atoms with van der Waals surface area (Å²) in [6.07, 6.45) is 42.5. The van der Waals surface area contributed by atoms with Crippen molar-refractivity contribution < 1.29 is 19.1 Å². The molecule has 254 valence electrons. The second-order valence-electron chi connectivity index (χ2n) is 12.3. The predicted molar refractivity (Wildman–Crippen MR) is 189 cm³/mol. The fraction of sp³-hybridized carbons (Fsp3) is 0.800. The molecule has 4 heteroatoms. The van der Waals surface area contributed by atoms with Gasteiger partial charge in [-0.25, -0.2) is 0 Å². The van der Waals surface area contributed by atoms with Crippen LogP contribution in [0.1, 0.15) is 194 Å². The van der Waals surface area contributed by atoms with Gasteiger partial charge in [0.2, 0.25) is 0 Å². The molecule has 0 atom stereocenters. The van der Waals surface area contributed by atoms with Crippen LogP contribution in [-0.2, 0) is 19.1 Å². The van der Waals surface area contributed by atoms with Crippen LogP contribution in [0.3, 0.4) is 0 Å². The zero-order valence-electron chi connectivity index (χ0n) is 29.2. The molecule has 44 heavy (non-hydrogen) atoms. The Hall–Kier alpha value is -2.02. The van der Waals surface area contributed by atoms with E-state index in [0.717, 1.165) is 25.7 Å². The Labute approximate surface area is 273 Å². The van der Waals surface area contributed by atoms with E-state index in [-0.39, 0.29) is 25.2 Å². The minimum atomic E-state index is -0.196. The fourth-order valence-corrected chi connectivity index (χ4v) is 5.16. The summed E-state index contributed by atoms with van der Waals surface area (Å²) >= 11 is 0. The van der Waals surface area contributed by atoms with E-state index >= 15 is 0 Å². The summed E-state index contributed by atoms with van der Waals surface area (Å²) < 4.78 is 10.3. The summed E-state index contributed by atoms with van der Waals surface area (Å²) in [5, 5.41) is 0. The molecule has 0 aliphatic heterocycles. The first-order valence-electron chi connectivity index (χ1n) is 18.8. The second kappa shape index (κ2) is 37.2. The first-order valence-corrected chi connectivity index (χ1v) is 18.8. The van der Waals surface area contributed by atoms with Crippen molar-refractivity contribution in [2.45, 2.75) is 194 Å². The Morgan fingerprint density at radius 3 is 1.00 bits per heavy atom. The van der Waals surface area contributed by atoms with Crippen molar-refractivity contribution in [1.29, 1.82) is 0 Å². The second-order valence-corrected chi connectivity index (χ2v) is 12.3. The van der Waals surface area contributed by atoms with Crippen LogP contribution < -0.4 is 0 Å². The van der Waals surface area contributed by atoms with E-state index in [4.69, 9.17) is 9.47 Å². The van der Waals surface area contributed by atoms with Crippen molar-refractivity contribution in [2.24, 2.45) is 0 Å². The van der Waals surface area contributed by atoms with Gasteiger partial charge in [0.1, 0.15) is 0 Å². The molecule has 0 aromatic carbocycles. The van der Waals surface area contributed by atoms with Crippen molar-refractivity contribution in [2.75, 3.05) is 13.2 Å². The molecule has 0 aromatic heterocycles. The van der Waals surface area contributed by atoms with Gasteiger partial charge in [0.05, 0.1) is 0 Å². The van der Waals surface area contributed by atoms with E-state index < -0.39 is 0 Å². The van der Waals surface area contributed by atoms with Crippen LogP contribution in [0.15, 0.2) is 24.3 Å². The molecular weight excluding hydrogens is 544 g/mol. The minimum absolute atomic E-state index is 0.0652. The van der Waals surface area contributed by atoms with Gasteiger partial charge in [0.15, 0.2) is 13.2 Å².